The van der Waals surface area contributed by atoms with Gasteiger partial charge in [0.25, 0.3) is 5.52 Å². The molecule has 4 heterocycles. The Balaban J connectivity index is 1.77. The summed E-state index contributed by atoms with van der Waals surface area (Å²) in [7, 11) is 0. The van der Waals surface area contributed by atoms with Crippen LogP contribution in [0.15, 0.2) is 70.0 Å². The van der Waals surface area contributed by atoms with Crippen LogP contribution in [0.4, 0.5) is 0 Å². The van der Waals surface area contributed by atoms with E-state index in [2.05, 4.69) is 10.2 Å². The van der Waals surface area contributed by atoms with Gasteiger partial charge in [-0.15, -0.1) is 0 Å². The van der Waals surface area contributed by atoms with Crippen molar-refractivity contribution in [1.82, 2.24) is 14.7 Å². The molecule has 0 bridgehead atoms. The Hall–Kier alpha value is -3.94. The van der Waals surface area contributed by atoms with Gasteiger partial charge in [-0.3, -0.25) is 4.79 Å². The number of fused-ring (bicyclic) bond motifs is 3. The lowest BCUT2D eigenvalue weighted by Crippen LogP contribution is -2.33. The molecule has 0 saturated carbocycles. The molecule has 5 aromatic rings. The summed E-state index contributed by atoms with van der Waals surface area (Å²) in [6.45, 7) is 0. The minimum atomic E-state index is -0.390. The number of hydrogen-bond acceptors (Lipinski definition) is 6. The number of ketones is 1. The molecule has 5 rings (SSSR count). The van der Waals surface area contributed by atoms with Gasteiger partial charge in [0.15, 0.2) is 5.76 Å². The summed E-state index contributed by atoms with van der Waals surface area (Å²) < 4.78 is 12.0. The maximum Gasteiger partial charge on any atom is 0.270 e. The van der Waals surface area contributed by atoms with E-state index in [0.29, 0.717) is 21.6 Å². The Bertz CT molecular complexity index is 1250. The standard InChI is InChI=1S/C18H10N4O4/c23-17(16-4-2-8-26-16)12-10-19-21-14-9-11(15-3-1-7-25-15)5-6-13(14)22(24)20-18(12)21/h1-10H. The number of furan rings is 2. The van der Waals surface area contributed by atoms with Crippen molar-refractivity contribution in [1.29, 1.82) is 0 Å². The molecular weight excluding hydrogens is 336 g/mol. The Kier molecular flexibility index (Phi) is 2.93. The molecule has 0 radical (unpaired) electrons. The van der Waals surface area contributed by atoms with Crippen LogP contribution in [0.2, 0.25) is 0 Å². The Morgan fingerprint density at radius 3 is 2.73 bits per heavy atom. The summed E-state index contributed by atoms with van der Waals surface area (Å²) >= 11 is 0. The lowest BCUT2D eigenvalue weighted by Gasteiger charge is -2.04. The van der Waals surface area contributed by atoms with Crippen molar-refractivity contribution in [2.24, 2.45) is 0 Å². The number of aromatic nitrogens is 4. The van der Waals surface area contributed by atoms with Gasteiger partial charge in [0, 0.05) is 16.7 Å². The van der Waals surface area contributed by atoms with Gasteiger partial charge in [-0.25, -0.2) is 4.52 Å². The van der Waals surface area contributed by atoms with Crippen molar-refractivity contribution >= 4 is 22.5 Å². The zero-order chi connectivity index (χ0) is 17.7. The van der Waals surface area contributed by atoms with Crippen molar-refractivity contribution in [3.05, 3.63) is 77.7 Å². The smallest absolute Gasteiger partial charge is 0.270 e. The Morgan fingerprint density at radius 2 is 1.96 bits per heavy atom. The highest BCUT2D eigenvalue weighted by atomic mass is 16.5. The number of benzene rings is 1. The van der Waals surface area contributed by atoms with E-state index in [0.717, 1.165) is 5.56 Å². The van der Waals surface area contributed by atoms with Crippen molar-refractivity contribution in [2.75, 3.05) is 0 Å². The molecule has 0 fully saturated rings. The molecule has 8 nitrogen and oxygen atoms in total. The second kappa shape index (κ2) is 5.28. The first-order valence-electron chi connectivity index (χ1n) is 7.76. The molecule has 8 heteroatoms. The van der Waals surface area contributed by atoms with Gasteiger partial charge in [-0.1, -0.05) is 0 Å². The molecule has 0 spiro atoms. The lowest BCUT2D eigenvalue weighted by atomic mass is 10.1. The van der Waals surface area contributed by atoms with Gasteiger partial charge in [0.05, 0.1) is 24.3 Å². The molecule has 126 valence electrons. The number of carbonyl (C=O) groups is 1. The van der Waals surface area contributed by atoms with Crippen LogP contribution >= 0.6 is 0 Å². The van der Waals surface area contributed by atoms with E-state index >= 15 is 0 Å². The van der Waals surface area contributed by atoms with Gasteiger partial charge in [0.2, 0.25) is 11.4 Å². The highest BCUT2D eigenvalue weighted by Crippen LogP contribution is 2.24. The van der Waals surface area contributed by atoms with E-state index < -0.39 is 0 Å². The summed E-state index contributed by atoms with van der Waals surface area (Å²) in [4.78, 5) is 13.1. The highest BCUT2D eigenvalue weighted by Gasteiger charge is 2.23. The maximum absolute atomic E-state index is 12.6. The average Bonchev–Trinajstić information content (AvgIpc) is 3.41. The van der Waals surface area contributed by atoms with Crippen LogP contribution in [-0.4, -0.2) is 20.5 Å². The van der Waals surface area contributed by atoms with E-state index in [1.165, 1.54) is 17.0 Å². The number of rotatable bonds is 3. The predicted octanol–water partition coefficient (Wildman–Crippen LogP) is 2.60. The van der Waals surface area contributed by atoms with Crippen LogP contribution < -0.4 is 4.85 Å². The second-order valence-corrected chi connectivity index (χ2v) is 5.65. The molecule has 0 saturated heterocycles. The number of nitrogens with zero attached hydrogens (tertiary/aromatic N) is 4. The summed E-state index contributed by atoms with van der Waals surface area (Å²) in [5, 5.41) is 20.6. The summed E-state index contributed by atoms with van der Waals surface area (Å²) in [5.41, 5.74) is 1.97. The topological polar surface area (TPSA) is 100 Å². The molecule has 0 aliphatic carbocycles. The fourth-order valence-corrected chi connectivity index (χ4v) is 2.91. The fourth-order valence-electron chi connectivity index (χ4n) is 2.91. The van der Waals surface area contributed by atoms with E-state index in [1.54, 1.807) is 42.7 Å². The molecule has 1 aromatic carbocycles. The van der Waals surface area contributed by atoms with Crippen molar-refractivity contribution in [3.63, 3.8) is 0 Å². The molecule has 0 N–H and O–H groups in total. The van der Waals surface area contributed by atoms with Gasteiger partial charge >= 0.3 is 0 Å². The first-order valence-corrected chi connectivity index (χ1v) is 7.76. The van der Waals surface area contributed by atoms with Gasteiger partial charge in [-0.2, -0.15) is 5.10 Å². The van der Waals surface area contributed by atoms with Gasteiger partial charge in [-0.05, 0) is 41.2 Å². The van der Waals surface area contributed by atoms with Crippen LogP contribution in [0.1, 0.15) is 16.1 Å². The van der Waals surface area contributed by atoms with Gasteiger partial charge in [0.1, 0.15) is 11.3 Å². The third-order valence-corrected chi connectivity index (χ3v) is 4.13. The SMILES string of the molecule is O=C(c1ccco1)c1cnn2c1n[n+]([O-])c1ccc(-c3ccco3)cc12. The van der Waals surface area contributed by atoms with Crippen LogP contribution in [0, 0.1) is 5.21 Å². The maximum atomic E-state index is 12.6. The zero-order valence-electron chi connectivity index (χ0n) is 13.2. The quantitative estimate of drug-likeness (QED) is 0.283. The van der Waals surface area contributed by atoms with Crippen molar-refractivity contribution in [2.45, 2.75) is 0 Å². The largest absolute Gasteiger partial charge is 0.594 e. The normalized spacial score (nSPS) is 11.4. The van der Waals surface area contributed by atoms with E-state index in [1.807, 2.05) is 6.07 Å². The molecule has 0 amide bonds. The first kappa shape index (κ1) is 14.4. The van der Waals surface area contributed by atoms with E-state index in [-0.39, 0.29) is 22.8 Å². The van der Waals surface area contributed by atoms with Crippen LogP contribution in [0.25, 0.3) is 28.0 Å². The molecule has 0 aliphatic heterocycles. The first-order chi connectivity index (χ1) is 12.7. The van der Waals surface area contributed by atoms with Crippen molar-refractivity contribution < 1.29 is 18.5 Å². The molecular formula is C18H10N4O4. The van der Waals surface area contributed by atoms with E-state index in [4.69, 9.17) is 8.83 Å². The minimum Gasteiger partial charge on any atom is -0.594 e. The summed E-state index contributed by atoms with van der Waals surface area (Å²) in [6, 6.07) is 11.9. The molecule has 0 unspecified atom stereocenters. The highest BCUT2D eigenvalue weighted by molar-refractivity contribution is 6.11. The van der Waals surface area contributed by atoms with Crippen LogP contribution in [-0.2, 0) is 0 Å². The number of carbonyl (C=O) groups excluding carboxylic acids is 1. The van der Waals surface area contributed by atoms with Crippen LogP contribution in [0.3, 0.4) is 0 Å². The second-order valence-electron chi connectivity index (χ2n) is 5.65. The summed E-state index contributed by atoms with van der Waals surface area (Å²) in [5.74, 6) is 0.427. The van der Waals surface area contributed by atoms with Crippen molar-refractivity contribution in [3.8, 4) is 11.3 Å². The fraction of sp³-hybridized carbons (Fsp3) is 0. The molecule has 4 aromatic heterocycles. The molecule has 26 heavy (non-hydrogen) atoms. The van der Waals surface area contributed by atoms with E-state index in [9.17, 15) is 10.0 Å². The third-order valence-electron chi connectivity index (χ3n) is 4.13. The Labute approximate surface area is 145 Å². The molecule has 0 atom stereocenters. The predicted molar refractivity (Wildman–Crippen MR) is 89.3 cm³/mol. The van der Waals surface area contributed by atoms with Crippen LogP contribution in [0.5, 0.6) is 0 Å². The van der Waals surface area contributed by atoms with Gasteiger partial charge < -0.3 is 14.0 Å². The summed E-state index contributed by atoms with van der Waals surface area (Å²) in [6.07, 6.45) is 4.36. The average molecular weight is 346 g/mol. The Morgan fingerprint density at radius 1 is 1.12 bits per heavy atom. The lowest BCUT2D eigenvalue weighted by molar-refractivity contribution is -0.640. The monoisotopic (exact) mass is 346 g/mol. The molecule has 0 aliphatic rings. The minimum absolute atomic E-state index is 0.156. The number of hydrogen-bond donors (Lipinski definition) is 0. The zero-order valence-corrected chi connectivity index (χ0v) is 13.2. The third kappa shape index (κ3) is 2.02.